The van der Waals surface area contributed by atoms with Crippen molar-refractivity contribution in [1.82, 2.24) is 4.90 Å². The van der Waals surface area contributed by atoms with Crippen molar-refractivity contribution in [2.75, 3.05) is 13.6 Å². The molecule has 1 fully saturated rings. The molecule has 0 saturated heterocycles. The number of carboxylic acids is 1. The highest BCUT2D eigenvalue weighted by Gasteiger charge is 2.43. The smallest absolute Gasteiger partial charge is 0.317 e. The number of likely N-dealkylation sites (N-methyl/N-ethyl adjacent to an activating group) is 1. The van der Waals surface area contributed by atoms with E-state index in [1.807, 2.05) is 11.9 Å². The summed E-state index contributed by atoms with van der Waals surface area (Å²) in [5.74, 6) is 0.515. The predicted molar refractivity (Wildman–Crippen MR) is 74.1 cm³/mol. The van der Waals surface area contributed by atoms with Crippen molar-refractivity contribution in [2.45, 2.75) is 37.6 Å². The van der Waals surface area contributed by atoms with Crippen LogP contribution in [0.2, 0.25) is 0 Å². The first-order chi connectivity index (χ1) is 9.18. The van der Waals surface area contributed by atoms with Crippen LogP contribution in [0.1, 0.15) is 48.8 Å². The molecule has 0 aromatic heterocycles. The summed E-state index contributed by atoms with van der Waals surface area (Å²) in [4.78, 5) is 13.0. The van der Waals surface area contributed by atoms with Crippen LogP contribution in [0, 0.1) is 5.92 Å². The van der Waals surface area contributed by atoms with Gasteiger partial charge in [-0.3, -0.25) is 9.69 Å². The summed E-state index contributed by atoms with van der Waals surface area (Å²) in [7, 11) is 1.95. The highest BCUT2D eigenvalue weighted by atomic mass is 16.4. The lowest BCUT2D eigenvalue weighted by molar-refractivity contribution is -0.138. The molecule has 3 rings (SSSR count). The zero-order chi connectivity index (χ0) is 13.4. The lowest BCUT2D eigenvalue weighted by Gasteiger charge is -2.34. The largest absolute Gasteiger partial charge is 0.480 e. The molecule has 1 saturated carbocycles. The van der Waals surface area contributed by atoms with Crippen molar-refractivity contribution < 1.29 is 9.90 Å². The van der Waals surface area contributed by atoms with E-state index in [0.717, 1.165) is 0 Å². The molecular formula is C16H21NO2. The Kier molecular flexibility index (Phi) is 3.31. The summed E-state index contributed by atoms with van der Waals surface area (Å²) in [5.41, 5.74) is 2.83. The number of carbonyl (C=O) groups is 1. The average molecular weight is 259 g/mol. The van der Waals surface area contributed by atoms with Gasteiger partial charge in [0.1, 0.15) is 0 Å². The second-order valence-corrected chi connectivity index (χ2v) is 5.94. The van der Waals surface area contributed by atoms with Crippen molar-refractivity contribution in [3.8, 4) is 0 Å². The molecule has 1 aromatic carbocycles. The van der Waals surface area contributed by atoms with E-state index in [-0.39, 0.29) is 12.6 Å². The van der Waals surface area contributed by atoms with Crippen LogP contribution < -0.4 is 0 Å². The van der Waals surface area contributed by atoms with Gasteiger partial charge in [-0.05, 0) is 42.9 Å². The maximum atomic E-state index is 11.0. The van der Waals surface area contributed by atoms with Gasteiger partial charge in [-0.25, -0.2) is 0 Å². The van der Waals surface area contributed by atoms with Gasteiger partial charge in [-0.15, -0.1) is 0 Å². The molecule has 1 N–H and O–H groups in total. The first-order valence-corrected chi connectivity index (χ1v) is 7.19. The molecule has 0 spiro atoms. The highest BCUT2D eigenvalue weighted by Crippen LogP contribution is 2.53. The Morgan fingerprint density at radius 2 is 1.95 bits per heavy atom. The van der Waals surface area contributed by atoms with Crippen LogP contribution in [0.4, 0.5) is 0 Å². The molecule has 102 valence electrons. The highest BCUT2D eigenvalue weighted by molar-refractivity contribution is 5.69. The maximum absolute atomic E-state index is 11.0. The molecule has 0 bridgehead atoms. The summed E-state index contributed by atoms with van der Waals surface area (Å²) in [6.45, 7) is 0.127. The predicted octanol–water partition coefficient (Wildman–Crippen LogP) is 3.03. The number of benzene rings is 1. The van der Waals surface area contributed by atoms with Gasteiger partial charge in [0.15, 0.2) is 0 Å². The number of hydrogen-bond donors (Lipinski definition) is 1. The van der Waals surface area contributed by atoms with E-state index in [9.17, 15) is 4.79 Å². The normalized spacial score (nSPS) is 29.1. The summed E-state index contributed by atoms with van der Waals surface area (Å²) in [5, 5.41) is 9.05. The van der Waals surface area contributed by atoms with Crippen LogP contribution in [0.15, 0.2) is 24.3 Å². The van der Waals surface area contributed by atoms with Crippen LogP contribution in [0.25, 0.3) is 0 Å². The monoisotopic (exact) mass is 259 g/mol. The summed E-state index contributed by atoms with van der Waals surface area (Å²) < 4.78 is 0. The Morgan fingerprint density at radius 1 is 1.26 bits per heavy atom. The average Bonchev–Trinajstić information content (AvgIpc) is 2.72. The van der Waals surface area contributed by atoms with Crippen molar-refractivity contribution in [3.63, 3.8) is 0 Å². The van der Waals surface area contributed by atoms with Crippen LogP contribution in [-0.4, -0.2) is 29.6 Å². The minimum atomic E-state index is -0.737. The van der Waals surface area contributed by atoms with E-state index < -0.39 is 5.97 Å². The molecule has 1 aromatic rings. The van der Waals surface area contributed by atoms with Crippen molar-refractivity contribution in [1.29, 1.82) is 0 Å². The number of carboxylic acid groups (broad SMARTS) is 1. The van der Waals surface area contributed by atoms with Gasteiger partial charge in [0.25, 0.3) is 0 Å². The number of rotatable bonds is 3. The molecule has 0 aliphatic heterocycles. The Balaban J connectivity index is 1.95. The van der Waals surface area contributed by atoms with Crippen LogP contribution in [0.3, 0.4) is 0 Å². The SMILES string of the molecule is CN(CC(=O)O)C1c2ccccc2C2CCCCC21. The Labute approximate surface area is 114 Å². The van der Waals surface area contributed by atoms with Gasteiger partial charge >= 0.3 is 5.97 Å². The van der Waals surface area contributed by atoms with Gasteiger partial charge < -0.3 is 5.11 Å². The molecular weight excluding hydrogens is 238 g/mol. The van der Waals surface area contributed by atoms with Gasteiger partial charge in [0.05, 0.1) is 6.54 Å². The van der Waals surface area contributed by atoms with Gasteiger partial charge in [-0.1, -0.05) is 37.1 Å². The minimum absolute atomic E-state index is 0.127. The molecule has 3 atom stereocenters. The minimum Gasteiger partial charge on any atom is -0.480 e. The van der Waals surface area contributed by atoms with Crippen LogP contribution in [0.5, 0.6) is 0 Å². The van der Waals surface area contributed by atoms with Gasteiger partial charge in [-0.2, -0.15) is 0 Å². The molecule has 0 radical (unpaired) electrons. The lowest BCUT2D eigenvalue weighted by Crippen LogP contribution is -2.34. The first-order valence-electron chi connectivity index (χ1n) is 7.19. The standard InChI is InChI=1S/C16H21NO2/c1-17(10-15(18)19)16-13-8-4-2-6-11(13)12-7-3-5-9-14(12)16/h2,4,6,8,12,14,16H,3,5,7,9-10H2,1H3,(H,18,19). The zero-order valence-electron chi connectivity index (χ0n) is 11.4. The molecule has 2 aliphatic rings. The topological polar surface area (TPSA) is 40.5 Å². The molecule has 3 heteroatoms. The fourth-order valence-corrected chi connectivity index (χ4v) is 4.15. The maximum Gasteiger partial charge on any atom is 0.317 e. The Bertz CT molecular complexity index is 485. The van der Waals surface area contributed by atoms with Gasteiger partial charge in [0.2, 0.25) is 0 Å². The van der Waals surface area contributed by atoms with E-state index >= 15 is 0 Å². The zero-order valence-corrected chi connectivity index (χ0v) is 11.4. The number of nitrogens with zero attached hydrogens (tertiary/aromatic N) is 1. The fourth-order valence-electron chi connectivity index (χ4n) is 4.15. The Hall–Kier alpha value is -1.35. The van der Waals surface area contributed by atoms with E-state index in [1.165, 1.54) is 36.8 Å². The van der Waals surface area contributed by atoms with E-state index in [1.54, 1.807) is 0 Å². The second kappa shape index (κ2) is 4.97. The summed E-state index contributed by atoms with van der Waals surface area (Å²) >= 11 is 0. The van der Waals surface area contributed by atoms with Crippen molar-refractivity contribution in [2.24, 2.45) is 5.92 Å². The molecule has 3 unspecified atom stereocenters. The van der Waals surface area contributed by atoms with Crippen molar-refractivity contribution >= 4 is 5.97 Å². The number of aliphatic carboxylic acids is 1. The molecule has 2 aliphatic carbocycles. The third kappa shape index (κ3) is 2.16. The molecule has 0 amide bonds. The molecule has 19 heavy (non-hydrogen) atoms. The quantitative estimate of drug-likeness (QED) is 0.907. The van der Waals surface area contributed by atoms with Crippen LogP contribution >= 0.6 is 0 Å². The molecule has 3 nitrogen and oxygen atoms in total. The second-order valence-electron chi connectivity index (χ2n) is 5.94. The number of hydrogen-bond acceptors (Lipinski definition) is 2. The van der Waals surface area contributed by atoms with Crippen LogP contribution in [-0.2, 0) is 4.79 Å². The Morgan fingerprint density at radius 3 is 2.68 bits per heavy atom. The summed E-state index contributed by atoms with van der Waals surface area (Å²) in [6.07, 6.45) is 5.09. The van der Waals surface area contributed by atoms with E-state index in [4.69, 9.17) is 5.11 Å². The third-order valence-corrected chi connectivity index (χ3v) is 4.80. The fraction of sp³-hybridized carbons (Fsp3) is 0.562. The van der Waals surface area contributed by atoms with E-state index in [0.29, 0.717) is 11.8 Å². The van der Waals surface area contributed by atoms with Gasteiger partial charge in [0, 0.05) is 6.04 Å². The molecule has 0 heterocycles. The van der Waals surface area contributed by atoms with E-state index in [2.05, 4.69) is 24.3 Å². The van der Waals surface area contributed by atoms with Crippen molar-refractivity contribution in [3.05, 3.63) is 35.4 Å². The first kappa shape index (κ1) is 12.7. The lowest BCUT2D eigenvalue weighted by atomic mass is 9.78. The number of fused-ring (bicyclic) bond motifs is 3. The summed E-state index contributed by atoms with van der Waals surface area (Å²) in [6, 6.07) is 8.92. The third-order valence-electron chi connectivity index (χ3n) is 4.80.